The molecule has 2 aliphatic rings. The van der Waals surface area contributed by atoms with Crippen LogP contribution in [0.5, 0.6) is 5.75 Å². The quantitative estimate of drug-likeness (QED) is 0.585. The van der Waals surface area contributed by atoms with Crippen molar-refractivity contribution in [1.29, 1.82) is 0 Å². The van der Waals surface area contributed by atoms with Gasteiger partial charge in [0.2, 0.25) is 0 Å². The molecule has 0 saturated carbocycles. The molecule has 3 N–H and O–H groups in total. The lowest BCUT2D eigenvalue weighted by molar-refractivity contribution is 0.102. The summed E-state index contributed by atoms with van der Waals surface area (Å²) in [6.45, 7) is 1.40. The molecular formula is C22H25N5O4. The number of fused-ring (bicyclic) bond motifs is 2. The third-order valence-corrected chi connectivity index (χ3v) is 5.93. The van der Waals surface area contributed by atoms with E-state index in [4.69, 9.17) is 4.74 Å². The van der Waals surface area contributed by atoms with Gasteiger partial charge < -0.3 is 25.2 Å². The summed E-state index contributed by atoms with van der Waals surface area (Å²) in [6.07, 6.45) is 7.19. The molecule has 2 unspecified atom stereocenters. The van der Waals surface area contributed by atoms with Gasteiger partial charge in [0.25, 0.3) is 5.91 Å². The van der Waals surface area contributed by atoms with Gasteiger partial charge in [0.1, 0.15) is 17.4 Å². The second kappa shape index (κ2) is 8.16. The highest BCUT2D eigenvalue weighted by molar-refractivity contribution is 6.09. The van der Waals surface area contributed by atoms with Gasteiger partial charge in [-0.05, 0) is 31.4 Å². The summed E-state index contributed by atoms with van der Waals surface area (Å²) < 4.78 is 7.43. The monoisotopic (exact) mass is 423 g/mol. The number of nitrogens with zero attached hydrogens (tertiary/aromatic N) is 4. The first kappa shape index (κ1) is 19.8. The van der Waals surface area contributed by atoms with Gasteiger partial charge in [-0.3, -0.25) is 4.79 Å². The zero-order valence-corrected chi connectivity index (χ0v) is 17.1. The van der Waals surface area contributed by atoms with Crippen LogP contribution in [0, 0.1) is 0 Å². The van der Waals surface area contributed by atoms with Crippen molar-refractivity contribution in [3.05, 3.63) is 47.9 Å². The average Bonchev–Trinajstić information content (AvgIpc) is 3.32. The Morgan fingerprint density at radius 3 is 3.06 bits per heavy atom. The van der Waals surface area contributed by atoms with E-state index in [0.29, 0.717) is 36.3 Å². The number of carbonyl (C=O) groups excluding carboxylic acids is 1. The van der Waals surface area contributed by atoms with E-state index < -0.39 is 0 Å². The molecule has 1 fully saturated rings. The number of benzene rings is 1. The SMILES string of the molecule is O=C(Nc1cc2c(cc1N1CCCC(O)CC1)OC(CO)C2)c1cnn2cccnc12. The highest BCUT2D eigenvalue weighted by Gasteiger charge is 2.27. The molecule has 162 valence electrons. The van der Waals surface area contributed by atoms with Crippen LogP contribution in [-0.2, 0) is 6.42 Å². The lowest BCUT2D eigenvalue weighted by atomic mass is 10.1. The Kier molecular flexibility index (Phi) is 5.21. The van der Waals surface area contributed by atoms with Crippen molar-refractivity contribution in [3.8, 4) is 5.75 Å². The Morgan fingerprint density at radius 2 is 2.19 bits per heavy atom. The van der Waals surface area contributed by atoms with Gasteiger partial charge in [-0.2, -0.15) is 5.10 Å². The standard InChI is InChI=1S/C22H25N5O4/c28-13-16-9-14-10-18(25-22(30)17-12-24-27-7-2-5-23-21(17)27)19(11-20(14)31-16)26-6-1-3-15(29)4-8-26/h2,5,7,10-12,15-16,28-29H,1,3-4,6,8-9,13H2,(H,25,30). The Balaban J connectivity index is 1.49. The van der Waals surface area contributed by atoms with Crippen LogP contribution in [0.15, 0.2) is 36.8 Å². The van der Waals surface area contributed by atoms with Crippen LogP contribution in [-0.4, -0.2) is 62.6 Å². The summed E-state index contributed by atoms with van der Waals surface area (Å²) in [5.74, 6) is 0.442. The lowest BCUT2D eigenvalue weighted by Crippen LogP contribution is -2.26. The summed E-state index contributed by atoms with van der Waals surface area (Å²) in [7, 11) is 0. The number of hydrogen-bond donors (Lipinski definition) is 3. The van der Waals surface area contributed by atoms with E-state index in [0.717, 1.165) is 36.4 Å². The van der Waals surface area contributed by atoms with Crippen molar-refractivity contribution in [2.75, 3.05) is 29.9 Å². The van der Waals surface area contributed by atoms with Crippen molar-refractivity contribution in [1.82, 2.24) is 14.6 Å². The number of aliphatic hydroxyl groups is 2. The van der Waals surface area contributed by atoms with Crippen LogP contribution in [0.1, 0.15) is 35.2 Å². The van der Waals surface area contributed by atoms with Crippen molar-refractivity contribution in [2.24, 2.45) is 0 Å². The maximum atomic E-state index is 13.1. The fourth-order valence-corrected chi connectivity index (χ4v) is 4.31. The van der Waals surface area contributed by atoms with Gasteiger partial charge >= 0.3 is 0 Å². The second-order valence-corrected chi connectivity index (χ2v) is 8.08. The molecule has 31 heavy (non-hydrogen) atoms. The first-order chi connectivity index (χ1) is 15.1. The maximum Gasteiger partial charge on any atom is 0.261 e. The van der Waals surface area contributed by atoms with Crippen molar-refractivity contribution >= 4 is 22.9 Å². The van der Waals surface area contributed by atoms with Gasteiger partial charge in [0.05, 0.1) is 30.3 Å². The molecule has 2 aromatic heterocycles. The number of carbonyl (C=O) groups is 1. The number of aliphatic hydroxyl groups excluding tert-OH is 2. The van der Waals surface area contributed by atoms with E-state index in [1.165, 1.54) is 6.20 Å². The molecule has 3 aromatic rings. The van der Waals surface area contributed by atoms with Crippen LogP contribution >= 0.6 is 0 Å². The maximum absolute atomic E-state index is 13.1. The van der Waals surface area contributed by atoms with Crippen LogP contribution in [0.2, 0.25) is 0 Å². The minimum atomic E-state index is -0.308. The number of hydrogen-bond acceptors (Lipinski definition) is 7. The molecule has 1 saturated heterocycles. The molecule has 2 atom stereocenters. The second-order valence-electron chi connectivity index (χ2n) is 8.08. The Labute approximate surface area is 179 Å². The minimum absolute atomic E-state index is 0.0598. The van der Waals surface area contributed by atoms with E-state index in [-0.39, 0.29) is 24.7 Å². The molecule has 9 nitrogen and oxygen atoms in total. The van der Waals surface area contributed by atoms with Crippen LogP contribution in [0.4, 0.5) is 11.4 Å². The topological polar surface area (TPSA) is 112 Å². The number of amides is 1. The van der Waals surface area contributed by atoms with Crippen molar-refractivity contribution in [2.45, 2.75) is 37.9 Å². The predicted octanol–water partition coefficient (Wildman–Crippen LogP) is 1.63. The van der Waals surface area contributed by atoms with Gasteiger partial charge in [-0.1, -0.05) is 0 Å². The van der Waals surface area contributed by atoms with Gasteiger partial charge in [-0.25, -0.2) is 9.50 Å². The molecule has 2 aliphatic heterocycles. The van der Waals surface area contributed by atoms with E-state index in [9.17, 15) is 15.0 Å². The summed E-state index contributed by atoms with van der Waals surface area (Å²) in [4.78, 5) is 19.6. The molecule has 0 spiro atoms. The van der Waals surface area contributed by atoms with Gasteiger partial charge in [0.15, 0.2) is 5.65 Å². The molecule has 9 heteroatoms. The third kappa shape index (κ3) is 3.82. The highest BCUT2D eigenvalue weighted by atomic mass is 16.5. The molecule has 1 amide bonds. The zero-order valence-electron chi connectivity index (χ0n) is 17.1. The summed E-state index contributed by atoms with van der Waals surface area (Å²) in [5, 5.41) is 26.8. The molecule has 0 radical (unpaired) electrons. The molecule has 1 aromatic carbocycles. The van der Waals surface area contributed by atoms with Gasteiger partial charge in [-0.15, -0.1) is 0 Å². The minimum Gasteiger partial charge on any atom is -0.487 e. The summed E-state index contributed by atoms with van der Waals surface area (Å²) >= 11 is 0. The number of nitrogens with one attached hydrogen (secondary N) is 1. The van der Waals surface area contributed by atoms with Crippen molar-refractivity contribution in [3.63, 3.8) is 0 Å². The zero-order chi connectivity index (χ0) is 21.4. The van der Waals surface area contributed by atoms with E-state index in [1.54, 1.807) is 23.0 Å². The largest absolute Gasteiger partial charge is 0.487 e. The van der Waals surface area contributed by atoms with E-state index in [1.807, 2.05) is 12.1 Å². The Morgan fingerprint density at radius 1 is 1.29 bits per heavy atom. The van der Waals surface area contributed by atoms with Gasteiger partial charge in [0, 0.05) is 43.5 Å². The lowest BCUT2D eigenvalue weighted by Gasteiger charge is -2.26. The fraction of sp³-hybridized carbons (Fsp3) is 0.409. The van der Waals surface area contributed by atoms with Crippen LogP contribution in [0.3, 0.4) is 0 Å². The fourth-order valence-electron chi connectivity index (χ4n) is 4.31. The van der Waals surface area contributed by atoms with Crippen molar-refractivity contribution < 1.29 is 19.7 Å². The Hall–Kier alpha value is -3.17. The molecule has 5 rings (SSSR count). The summed E-state index contributed by atoms with van der Waals surface area (Å²) in [5.41, 5.74) is 3.36. The smallest absolute Gasteiger partial charge is 0.261 e. The van der Waals surface area contributed by atoms with E-state index in [2.05, 4.69) is 20.3 Å². The Bertz CT molecular complexity index is 1110. The van der Waals surface area contributed by atoms with E-state index >= 15 is 0 Å². The number of ether oxygens (including phenoxy) is 1. The molecule has 0 aliphatic carbocycles. The van der Waals surface area contributed by atoms with Crippen LogP contribution < -0.4 is 15.0 Å². The first-order valence-electron chi connectivity index (χ1n) is 10.6. The average molecular weight is 423 g/mol. The third-order valence-electron chi connectivity index (χ3n) is 5.93. The van der Waals surface area contributed by atoms with Crippen LogP contribution in [0.25, 0.3) is 5.65 Å². The number of anilines is 2. The predicted molar refractivity (Wildman–Crippen MR) is 115 cm³/mol. The summed E-state index contributed by atoms with van der Waals surface area (Å²) in [6, 6.07) is 5.62. The highest BCUT2D eigenvalue weighted by Crippen LogP contribution is 2.39. The molecular weight excluding hydrogens is 398 g/mol. The normalized spacial score (nSPS) is 20.9. The number of aromatic nitrogens is 3. The first-order valence-corrected chi connectivity index (χ1v) is 10.6. The molecule has 4 heterocycles. The number of rotatable bonds is 4. The molecule has 0 bridgehead atoms.